The molecule has 0 spiro atoms. The van der Waals surface area contributed by atoms with Crippen LogP contribution in [0.2, 0.25) is 0 Å². The molecular formula is C12H22N4O3S2. The Labute approximate surface area is 129 Å². The van der Waals surface area contributed by atoms with Crippen molar-refractivity contribution in [1.29, 1.82) is 0 Å². The molecule has 0 amide bonds. The Morgan fingerprint density at radius 3 is 2.86 bits per heavy atom. The quantitative estimate of drug-likeness (QED) is 0.816. The van der Waals surface area contributed by atoms with Gasteiger partial charge in [0.25, 0.3) is 0 Å². The van der Waals surface area contributed by atoms with Gasteiger partial charge in [-0.25, -0.2) is 4.72 Å². The van der Waals surface area contributed by atoms with E-state index in [1.807, 2.05) is 0 Å². The summed E-state index contributed by atoms with van der Waals surface area (Å²) >= 11 is 1.26. The first-order valence-electron chi connectivity index (χ1n) is 7.15. The van der Waals surface area contributed by atoms with Crippen LogP contribution in [0.1, 0.15) is 38.1 Å². The first-order valence-corrected chi connectivity index (χ1v) is 9.41. The van der Waals surface area contributed by atoms with Gasteiger partial charge in [-0.05, 0) is 18.8 Å². The molecule has 2 rings (SSSR count). The summed E-state index contributed by atoms with van der Waals surface area (Å²) < 4.78 is 28.6. The van der Waals surface area contributed by atoms with Crippen molar-refractivity contribution in [1.82, 2.24) is 14.5 Å². The number of aromatic nitrogens is 2. The third kappa shape index (κ3) is 4.35. The van der Waals surface area contributed by atoms with Gasteiger partial charge in [0.15, 0.2) is 0 Å². The Hall–Kier alpha value is -0.770. The van der Waals surface area contributed by atoms with Gasteiger partial charge in [-0.15, -0.1) is 10.2 Å². The number of nitrogens with one attached hydrogen (secondary N) is 1. The summed E-state index contributed by atoms with van der Waals surface area (Å²) in [7, 11) is -3.68. The molecule has 1 aromatic heterocycles. The topological polar surface area (TPSA) is 95.4 Å². The van der Waals surface area contributed by atoms with Crippen molar-refractivity contribution >= 4 is 26.7 Å². The molecule has 1 fully saturated rings. The van der Waals surface area contributed by atoms with E-state index < -0.39 is 10.2 Å². The summed E-state index contributed by atoms with van der Waals surface area (Å²) in [6, 6.07) is -0.348. The molecule has 0 aliphatic carbocycles. The zero-order valence-electron chi connectivity index (χ0n) is 12.3. The second-order valence-electron chi connectivity index (χ2n) is 5.65. The van der Waals surface area contributed by atoms with E-state index in [4.69, 9.17) is 0 Å². The number of hydrogen-bond acceptors (Lipinski definition) is 6. The fourth-order valence-electron chi connectivity index (χ4n) is 2.37. The van der Waals surface area contributed by atoms with Crippen molar-refractivity contribution in [3.63, 3.8) is 0 Å². The average Bonchev–Trinajstić information content (AvgIpc) is 2.84. The maximum Gasteiger partial charge on any atom is 0.303 e. The minimum atomic E-state index is -3.68. The zero-order valence-corrected chi connectivity index (χ0v) is 14.0. The maximum absolute atomic E-state index is 12.4. The first kappa shape index (κ1) is 16.6. The Morgan fingerprint density at radius 2 is 2.19 bits per heavy atom. The maximum atomic E-state index is 12.4. The van der Waals surface area contributed by atoms with Crippen molar-refractivity contribution in [2.45, 2.75) is 45.6 Å². The number of anilines is 1. The lowest BCUT2D eigenvalue weighted by Gasteiger charge is -2.32. The van der Waals surface area contributed by atoms with Crippen molar-refractivity contribution in [2.75, 3.05) is 17.9 Å². The summed E-state index contributed by atoms with van der Waals surface area (Å²) in [5.74, 6) is 0.447. The van der Waals surface area contributed by atoms with Gasteiger partial charge in [0.1, 0.15) is 5.01 Å². The lowest BCUT2D eigenvalue weighted by molar-refractivity contribution is 0.156. The van der Waals surface area contributed by atoms with Crippen molar-refractivity contribution in [3.05, 3.63) is 5.01 Å². The third-order valence-corrected chi connectivity index (χ3v) is 5.90. The Balaban J connectivity index is 2.07. The van der Waals surface area contributed by atoms with Crippen LogP contribution in [-0.2, 0) is 16.6 Å². The van der Waals surface area contributed by atoms with Gasteiger partial charge in [-0.1, -0.05) is 31.6 Å². The largest absolute Gasteiger partial charge is 0.395 e. The molecule has 0 radical (unpaired) electrons. The van der Waals surface area contributed by atoms with E-state index in [9.17, 15) is 13.5 Å². The van der Waals surface area contributed by atoms with Crippen LogP contribution in [0.25, 0.3) is 0 Å². The Bertz CT molecular complexity index is 559. The van der Waals surface area contributed by atoms with Crippen molar-refractivity contribution < 1.29 is 13.5 Å². The number of rotatable bonds is 6. The minimum Gasteiger partial charge on any atom is -0.395 e. The smallest absolute Gasteiger partial charge is 0.303 e. The molecule has 1 aliphatic heterocycles. The predicted molar refractivity (Wildman–Crippen MR) is 82.4 cm³/mol. The van der Waals surface area contributed by atoms with Crippen LogP contribution in [0, 0.1) is 5.92 Å². The molecule has 2 N–H and O–H groups in total. The first-order chi connectivity index (χ1) is 9.92. The molecule has 0 bridgehead atoms. The molecule has 21 heavy (non-hydrogen) atoms. The van der Waals surface area contributed by atoms with Gasteiger partial charge in [0.05, 0.1) is 6.61 Å². The highest BCUT2D eigenvalue weighted by molar-refractivity contribution is 7.90. The van der Waals surface area contributed by atoms with E-state index >= 15 is 0 Å². The fourth-order valence-corrected chi connectivity index (χ4v) is 4.97. The summed E-state index contributed by atoms with van der Waals surface area (Å²) in [6.45, 7) is 4.42. The Morgan fingerprint density at radius 1 is 1.43 bits per heavy atom. The molecule has 1 saturated heterocycles. The molecular weight excluding hydrogens is 312 g/mol. The molecule has 7 nitrogen and oxygen atoms in total. The number of hydrogen-bond donors (Lipinski definition) is 2. The third-order valence-electron chi connectivity index (χ3n) is 3.36. The van der Waals surface area contributed by atoms with E-state index in [0.29, 0.717) is 18.9 Å². The number of aliphatic hydroxyl groups is 1. The molecule has 1 aromatic rings. The van der Waals surface area contributed by atoms with Crippen molar-refractivity contribution in [3.8, 4) is 0 Å². The summed E-state index contributed by atoms with van der Waals surface area (Å²) in [5.41, 5.74) is 0. The summed E-state index contributed by atoms with van der Waals surface area (Å²) in [5, 5.41) is 18.3. The van der Waals surface area contributed by atoms with E-state index in [1.165, 1.54) is 15.6 Å². The monoisotopic (exact) mass is 334 g/mol. The van der Waals surface area contributed by atoms with Crippen LogP contribution in [0.3, 0.4) is 0 Å². The van der Waals surface area contributed by atoms with Gasteiger partial charge < -0.3 is 5.11 Å². The minimum absolute atomic E-state index is 0.157. The highest BCUT2D eigenvalue weighted by atomic mass is 32.2. The van der Waals surface area contributed by atoms with Crippen LogP contribution in [-0.4, -0.2) is 47.2 Å². The highest BCUT2D eigenvalue weighted by Gasteiger charge is 2.32. The summed E-state index contributed by atoms with van der Waals surface area (Å²) in [6.07, 6.45) is 3.22. The number of nitrogens with zero attached hydrogens (tertiary/aromatic N) is 3. The number of aliphatic hydroxyl groups excluding tert-OH is 1. The molecule has 0 aromatic carbocycles. The lowest BCUT2D eigenvalue weighted by atomic mass is 10.1. The zero-order chi connectivity index (χ0) is 15.5. The lowest BCUT2D eigenvalue weighted by Crippen LogP contribution is -2.47. The van der Waals surface area contributed by atoms with E-state index in [2.05, 4.69) is 28.8 Å². The molecule has 2 heterocycles. The van der Waals surface area contributed by atoms with E-state index in [1.54, 1.807) is 0 Å². The molecule has 1 aliphatic rings. The van der Waals surface area contributed by atoms with Gasteiger partial charge in [0.2, 0.25) is 5.13 Å². The van der Waals surface area contributed by atoms with Crippen LogP contribution in [0.5, 0.6) is 0 Å². The van der Waals surface area contributed by atoms with Gasteiger partial charge in [0, 0.05) is 19.0 Å². The van der Waals surface area contributed by atoms with Gasteiger partial charge in [-0.2, -0.15) is 12.7 Å². The fraction of sp³-hybridized carbons (Fsp3) is 0.833. The standard InChI is InChI=1S/C12H22N4O3S2/c1-9(2)7-11-13-14-12(20-11)15-21(18,19)16-6-4-3-5-10(16)8-17/h9-10,17H,3-8H2,1-2H3,(H,14,15). The van der Waals surface area contributed by atoms with Crippen LogP contribution in [0.4, 0.5) is 5.13 Å². The second-order valence-corrected chi connectivity index (χ2v) is 8.33. The van der Waals surface area contributed by atoms with Crippen LogP contribution >= 0.6 is 11.3 Å². The average molecular weight is 334 g/mol. The SMILES string of the molecule is CC(C)Cc1nnc(NS(=O)(=O)N2CCCCC2CO)s1. The van der Waals surface area contributed by atoms with E-state index in [-0.39, 0.29) is 17.8 Å². The number of piperidine rings is 1. The molecule has 0 saturated carbocycles. The van der Waals surface area contributed by atoms with Gasteiger partial charge >= 0.3 is 10.2 Å². The van der Waals surface area contributed by atoms with Gasteiger partial charge in [-0.3, -0.25) is 0 Å². The van der Waals surface area contributed by atoms with Crippen molar-refractivity contribution in [2.24, 2.45) is 5.92 Å². The molecule has 1 unspecified atom stereocenters. The van der Waals surface area contributed by atoms with E-state index in [0.717, 1.165) is 24.3 Å². The predicted octanol–water partition coefficient (Wildman–Crippen LogP) is 1.24. The highest BCUT2D eigenvalue weighted by Crippen LogP contribution is 2.24. The Kier molecular flexibility index (Phi) is 5.53. The molecule has 9 heteroatoms. The van der Waals surface area contributed by atoms with Crippen LogP contribution < -0.4 is 4.72 Å². The normalized spacial score (nSPS) is 20.9. The molecule has 120 valence electrons. The second kappa shape index (κ2) is 6.99. The molecule has 1 atom stereocenters. The van der Waals surface area contributed by atoms with Crippen LogP contribution in [0.15, 0.2) is 0 Å². The summed E-state index contributed by atoms with van der Waals surface area (Å²) in [4.78, 5) is 0.